The van der Waals surface area contributed by atoms with Crippen molar-refractivity contribution in [1.29, 1.82) is 0 Å². The minimum absolute atomic E-state index is 0.196. The van der Waals surface area contributed by atoms with Crippen LogP contribution < -0.4 is 0 Å². The van der Waals surface area contributed by atoms with Crippen LogP contribution >= 0.6 is 11.8 Å². The van der Waals surface area contributed by atoms with Gasteiger partial charge in [-0.15, -0.1) is 11.8 Å². The third-order valence-corrected chi connectivity index (χ3v) is 3.55. The van der Waals surface area contributed by atoms with Gasteiger partial charge in [-0.2, -0.15) is 0 Å². The predicted octanol–water partition coefficient (Wildman–Crippen LogP) is 2.25. The second-order valence-corrected chi connectivity index (χ2v) is 5.00. The summed E-state index contributed by atoms with van der Waals surface area (Å²) in [6, 6.07) is 6.31. The number of carbonyl (C=O) groups is 2. The Labute approximate surface area is 125 Å². The number of methoxy groups -OCH3 is 1. The molecule has 0 spiro atoms. The Hall–Kier alpha value is -2.41. The van der Waals surface area contributed by atoms with Crippen LogP contribution in [-0.2, 0) is 10.5 Å². The fourth-order valence-corrected chi connectivity index (χ4v) is 2.33. The molecular weight excluding hydrogens is 292 g/mol. The first kappa shape index (κ1) is 15.0. The van der Waals surface area contributed by atoms with E-state index in [9.17, 15) is 9.59 Å². The van der Waals surface area contributed by atoms with Crippen LogP contribution in [0.4, 0.5) is 0 Å². The van der Waals surface area contributed by atoms with E-state index >= 15 is 0 Å². The number of carboxylic acids is 1. The quantitative estimate of drug-likeness (QED) is 0.669. The van der Waals surface area contributed by atoms with E-state index in [1.54, 1.807) is 12.1 Å². The van der Waals surface area contributed by atoms with Crippen molar-refractivity contribution in [3.8, 4) is 0 Å². The highest BCUT2D eigenvalue weighted by Gasteiger charge is 2.07. The molecule has 0 atom stereocenters. The van der Waals surface area contributed by atoms with Gasteiger partial charge in [-0.05, 0) is 24.3 Å². The summed E-state index contributed by atoms with van der Waals surface area (Å²) in [6.07, 6.45) is 2.91. The third-order valence-electron chi connectivity index (χ3n) is 2.60. The molecule has 0 bridgehead atoms. The lowest BCUT2D eigenvalue weighted by Gasteiger charge is -2.03. The summed E-state index contributed by atoms with van der Waals surface area (Å²) in [4.78, 5) is 30.4. The Morgan fingerprint density at radius 2 is 2.05 bits per heavy atom. The molecule has 0 fully saturated rings. The van der Waals surface area contributed by atoms with Gasteiger partial charge >= 0.3 is 11.9 Å². The van der Waals surface area contributed by atoms with Gasteiger partial charge in [0.1, 0.15) is 0 Å². The molecule has 6 nitrogen and oxygen atoms in total. The maximum absolute atomic E-state index is 11.3. The molecule has 0 aliphatic rings. The normalized spacial score (nSPS) is 10.1. The van der Waals surface area contributed by atoms with Crippen LogP contribution in [0.3, 0.4) is 0 Å². The van der Waals surface area contributed by atoms with Gasteiger partial charge in [0.15, 0.2) is 0 Å². The fourth-order valence-electron chi connectivity index (χ4n) is 1.52. The zero-order chi connectivity index (χ0) is 15.2. The average Bonchev–Trinajstić information content (AvgIpc) is 2.53. The number of nitrogens with zero attached hydrogens (tertiary/aromatic N) is 2. The first-order chi connectivity index (χ1) is 10.1. The number of aromatic nitrogens is 2. The number of hydrogen-bond donors (Lipinski definition) is 1. The maximum Gasteiger partial charge on any atom is 0.339 e. The van der Waals surface area contributed by atoms with Gasteiger partial charge in [-0.1, -0.05) is 0 Å². The van der Waals surface area contributed by atoms with Gasteiger partial charge in [-0.3, -0.25) is 4.98 Å². The minimum Gasteiger partial charge on any atom is -0.478 e. The number of aromatic carboxylic acids is 1. The summed E-state index contributed by atoms with van der Waals surface area (Å²) in [5, 5.41) is 9.51. The molecule has 0 aliphatic heterocycles. The first-order valence-electron chi connectivity index (χ1n) is 5.95. The predicted molar refractivity (Wildman–Crippen MR) is 76.3 cm³/mol. The molecule has 0 radical (unpaired) electrons. The molecule has 0 unspecified atom stereocenters. The van der Waals surface area contributed by atoms with E-state index in [1.807, 2.05) is 0 Å². The number of carbonyl (C=O) groups excluding carboxylic acids is 1. The van der Waals surface area contributed by atoms with Crippen LogP contribution in [0, 0.1) is 0 Å². The fraction of sp³-hybridized carbons (Fsp3) is 0.143. The van der Waals surface area contributed by atoms with Crippen molar-refractivity contribution in [2.75, 3.05) is 7.11 Å². The third kappa shape index (κ3) is 4.03. The lowest BCUT2D eigenvalue weighted by atomic mass is 10.2. The van der Waals surface area contributed by atoms with Crippen molar-refractivity contribution in [3.05, 3.63) is 53.5 Å². The molecule has 21 heavy (non-hydrogen) atoms. The molecule has 2 aromatic heterocycles. The SMILES string of the molecule is COC(=O)c1ccc(CSc2cc(C(=O)O)ccn2)nc1. The van der Waals surface area contributed by atoms with Crippen LogP contribution in [0.2, 0.25) is 0 Å². The van der Waals surface area contributed by atoms with E-state index in [1.165, 1.54) is 43.4 Å². The number of rotatable bonds is 5. The van der Waals surface area contributed by atoms with Gasteiger partial charge in [-0.25, -0.2) is 14.6 Å². The van der Waals surface area contributed by atoms with Crippen LogP contribution in [0.25, 0.3) is 0 Å². The van der Waals surface area contributed by atoms with Crippen molar-refractivity contribution in [2.45, 2.75) is 10.8 Å². The summed E-state index contributed by atoms with van der Waals surface area (Å²) in [5.41, 5.74) is 1.34. The summed E-state index contributed by atoms with van der Waals surface area (Å²) < 4.78 is 4.59. The van der Waals surface area contributed by atoms with Crippen molar-refractivity contribution < 1.29 is 19.4 Å². The van der Waals surface area contributed by atoms with E-state index in [0.29, 0.717) is 16.3 Å². The molecule has 0 aromatic carbocycles. The Bertz CT molecular complexity index is 658. The Kier molecular flexibility index (Phi) is 4.89. The van der Waals surface area contributed by atoms with Gasteiger partial charge in [0, 0.05) is 18.1 Å². The Balaban J connectivity index is 2.01. The molecule has 2 heterocycles. The maximum atomic E-state index is 11.3. The van der Waals surface area contributed by atoms with Gasteiger partial charge < -0.3 is 9.84 Å². The largest absolute Gasteiger partial charge is 0.478 e. The highest BCUT2D eigenvalue weighted by Crippen LogP contribution is 2.20. The Morgan fingerprint density at radius 3 is 2.67 bits per heavy atom. The number of thioether (sulfide) groups is 1. The van der Waals surface area contributed by atoms with Crippen LogP contribution in [0.1, 0.15) is 26.4 Å². The molecule has 108 valence electrons. The number of carboxylic acid groups (broad SMARTS) is 1. The van der Waals surface area contributed by atoms with E-state index in [2.05, 4.69) is 14.7 Å². The highest BCUT2D eigenvalue weighted by atomic mass is 32.2. The van der Waals surface area contributed by atoms with Crippen molar-refractivity contribution in [2.24, 2.45) is 0 Å². The van der Waals surface area contributed by atoms with Gasteiger partial charge in [0.05, 0.1) is 29.0 Å². The van der Waals surface area contributed by atoms with Crippen molar-refractivity contribution in [3.63, 3.8) is 0 Å². The van der Waals surface area contributed by atoms with Crippen molar-refractivity contribution in [1.82, 2.24) is 9.97 Å². The second-order valence-electron chi connectivity index (χ2n) is 4.01. The summed E-state index contributed by atoms with van der Waals surface area (Å²) in [7, 11) is 1.31. The Morgan fingerprint density at radius 1 is 1.24 bits per heavy atom. The van der Waals surface area contributed by atoms with E-state index in [4.69, 9.17) is 5.11 Å². The summed E-state index contributed by atoms with van der Waals surface area (Å²) in [5.74, 6) is -0.894. The van der Waals surface area contributed by atoms with Crippen LogP contribution in [0.15, 0.2) is 41.7 Å². The second kappa shape index (κ2) is 6.85. The van der Waals surface area contributed by atoms with Crippen LogP contribution in [-0.4, -0.2) is 34.1 Å². The molecule has 7 heteroatoms. The van der Waals surface area contributed by atoms with Gasteiger partial charge in [0.25, 0.3) is 0 Å². The van der Waals surface area contributed by atoms with E-state index in [-0.39, 0.29) is 5.56 Å². The number of pyridine rings is 2. The molecule has 0 saturated heterocycles. The number of ether oxygens (including phenoxy) is 1. The molecule has 1 N–H and O–H groups in total. The molecular formula is C14H12N2O4S. The summed E-state index contributed by atoms with van der Waals surface area (Å²) in [6.45, 7) is 0. The average molecular weight is 304 g/mol. The molecule has 0 saturated carbocycles. The lowest BCUT2D eigenvalue weighted by molar-refractivity contribution is 0.0599. The van der Waals surface area contributed by atoms with Crippen LogP contribution in [0.5, 0.6) is 0 Å². The highest BCUT2D eigenvalue weighted by molar-refractivity contribution is 7.98. The molecule has 0 amide bonds. The summed E-state index contributed by atoms with van der Waals surface area (Å²) >= 11 is 1.37. The lowest BCUT2D eigenvalue weighted by Crippen LogP contribution is -2.02. The zero-order valence-corrected chi connectivity index (χ0v) is 12.0. The minimum atomic E-state index is -0.986. The number of esters is 1. The smallest absolute Gasteiger partial charge is 0.339 e. The van der Waals surface area contributed by atoms with Crippen molar-refractivity contribution >= 4 is 23.7 Å². The first-order valence-corrected chi connectivity index (χ1v) is 6.94. The van der Waals surface area contributed by atoms with E-state index in [0.717, 1.165) is 5.69 Å². The van der Waals surface area contributed by atoms with Gasteiger partial charge in [0.2, 0.25) is 0 Å². The number of hydrogen-bond acceptors (Lipinski definition) is 6. The molecule has 0 aliphatic carbocycles. The zero-order valence-electron chi connectivity index (χ0n) is 11.1. The standard InChI is InChI=1S/C14H12N2O4S/c1-20-14(19)10-2-3-11(16-7-10)8-21-12-6-9(13(17)18)4-5-15-12/h2-7H,8H2,1H3,(H,17,18). The molecule has 2 aromatic rings. The van der Waals surface area contributed by atoms with E-state index < -0.39 is 11.9 Å². The molecule has 2 rings (SSSR count). The monoisotopic (exact) mass is 304 g/mol. The topological polar surface area (TPSA) is 89.4 Å².